The monoisotopic (exact) mass is 336 g/mol. The molecule has 0 N–H and O–H groups in total. The smallest absolute Gasteiger partial charge is 0.282 e. The van der Waals surface area contributed by atoms with Crippen molar-refractivity contribution in [1.29, 1.82) is 0 Å². The Morgan fingerprint density at radius 3 is 2.20 bits per heavy atom. The van der Waals surface area contributed by atoms with E-state index in [0.717, 1.165) is 27.4 Å². The van der Waals surface area contributed by atoms with E-state index in [9.17, 15) is 9.59 Å². The molecule has 2 aromatic carbocycles. The quantitative estimate of drug-likeness (QED) is 0.631. The number of carbonyl (C=O) groups excluding carboxylic acids is 2. The van der Waals surface area contributed by atoms with Gasteiger partial charge in [-0.3, -0.25) is 9.59 Å². The van der Waals surface area contributed by atoms with Crippen LogP contribution in [0.2, 0.25) is 0 Å². The topological polar surface area (TPSA) is 59.0 Å². The minimum atomic E-state index is -0.396. The van der Waals surface area contributed by atoms with Gasteiger partial charge in [-0.25, -0.2) is 0 Å². The molecule has 0 atom stereocenters. The van der Waals surface area contributed by atoms with Crippen LogP contribution < -0.4 is 4.74 Å². The molecule has 0 radical (unpaired) electrons. The van der Waals surface area contributed by atoms with Gasteiger partial charge in [0.05, 0.1) is 24.5 Å². The molecule has 1 aliphatic heterocycles. The minimum Gasteiger partial charge on any atom is -0.496 e. The van der Waals surface area contributed by atoms with Gasteiger partial charge in [0.15, 0.2) is 0 Å². The van der Waals surface area contributed by atoms with Crippen molar-refractivity contribution in [3.05, 3.63) is 64.2 Å². The summed E-state index contributed by atoms with van der Waals surface area (Å²) in [6, 6.07) is 10.7. The highest BCUT2D eigenvalue weighted by Gasteiger charge is 2.35. The molecule has 0 spiro atoms. The molecule has 128 valence electrons. The van der Waals surface area contributed by atoms with Crippen molar-refractivity contribution in [2.24, 2.45) is 5.10 Å². The molecule has 2 amide bonds. The molecule has 3 rings (SSSR count). The molecule has 2 aromatic rings. The second-order valence-electron chi connectivity index (χ2n) is 6.32. The van der Waals surface area contributed by atoms with Crippen LogP contribution in [0.3, 0.4) is 0 Å². The molecule has 0 unspecified atom stereocenters. The first-order chi connectivity index (χ1) is 11.9. The molecule has 0 saturated carbocycles. The van der Waals surface area contributed by atoms with Crippen molar-refractivity contribution >= 4 is 18.0 Å². The summed E-state index contributed by atoms with van der Waals surface area (Å²) in [6.45, 7) is 6.10. The summed E-state index contributed by atoms with van der Waals surface area (Å²) < 4.78 is 5.43. The third-order valence-corrected chi connectivity index (χ3v) is 4.33. The van der Waals surface area contributed by atoms with Gasteiger partial charge in [-0.2, -0.15) is 10.1 Å². The van der Waals surface area contributed by atoms with E-state index in [0.29, 0.717) is 11.1 Å². The molecule has 0 bridgehead atoms. The number of nitrogens with zero attached hydrogens (tertiary/aromatic N) is 2. The summed E-state index contributed by atoms with van der Waals surface area (Å²) in [5, 5.41) is 5.08. The van der Waals surface area contributed by atoms with Gasteiger partial charge < -0.3 is 4.74 Å². The maximum absolute atomic E-state index is 12.4. The van der Waals surface area contributed by atoms with E-state index < -0.39 is 11.8 Å². The summed E-state index contributed by atoms with van der Waals surface area (Å²) in [4.78, 5) is 24.7. The lowest BCUT2D eigenvalue weighted by Crippen LogP contribution is -2.24. The summed E-state index contributed by atoms with van der Waals surface area (Å²) in [5.41, 5.74) is 3.64. The standard InChI is InChI=1S/C20H20N2O3/c1-12(2)17-10-14(13(3)9-18(17)25-4)11-21-22-19(23)15-7-5-6-8-16(15)20(22)24/h5-12H,1-4H3/b21-11-. The maximum Gasteiger partial charge on any atom is 0.282 e. The summed E-state index contributed by atoms with van der Waals surface area (Å²) in [7, 11) is 1.65. The minimum absolute atomic E-state index is 0.280. The van der Waals surface area contributed by atoms with E-state index in [1.54, 1.807) is 37.6 Å². The molecule has 0 aromatic heterocycles. The van der Waals surface area contributed by atoms with Crippen LogP contribution in [-0.4, -0.2) is 30.1 Å². The molecule has 0 saturated heterocycles. The second kappa shape index (κ2) is 6.51. The Kier molecular flexibility index (Phi) is 4.40. The largest absolute Gasteiger partial charge is 0.496 e. The molecule has 0 aliphatic carbocycles. The molecule has 25 heavy (non-hydrogen) atoms. The van der Waals surface area contributed by atoms with Gasteiger partial charge in [0.1, 0.15) is 5.75 Å². The van der Waals surface area contributed by atoms with Crippen LogP contribution in [-0.2, 0) is 0 Å². The highest BCUT2D eigenvalue weighted by molar-refractivity contribution is 6.21. The number of methoxy groups -OCH3 is 1. The van der Waals surface area contributed by atoms with Gasteiger partial charge in [-0.1, -0.05) is 26.0 Å². The predicted molar refractivity (Wildman–Crippen MR) is 96.4 cm³/mol. The lowest BCUT2D eigenvalue weighted by molar-refractivity contribution is 0.0660. The lowest BCUT2D eigenvalue weighted by atomic mass is 9.97. The van der Waals surface area contributed by atoms with Gasteiger partial charge in [0.2, 0.25) is 0 Å². The number of hydrazone groups is 1. The molecule has 1 heterocycles. The number of imide groups is 1. The van der Waals surface area contributed by atoms with Gasteiger partial charge in [0, 0.05) is 0 Å². The number of aryl methyl sites for hydroxylation is 1. The normalized spacial score (nSPS) is 13.9. The first-order valence-electron chi connectivity index (χ1n) is 8.14. The van der Waals surface area contributed by atoms with Crippen LogP contribution in [0.25, 0.3) is 0 Å². The van der Waals surface area contributed by atoms with Gasteiger partial charge in [-0.05, 0) is 53.8 Å². The van der Waals surface area contributed by atoms with Gasteiger partial charge in [-0.15, -0.1) is 0 Å². The van der Waals surface area contributed by atoms with Crippen LogP contribution in [0.5, 0.6) is 5.75 Å². The average molecular weight is 336 g/mol. The number of amides is 2. The highest BCUT2D eigenvalue weighted by Crippen LogP contribution is 2.29. The molecule has 0 fully saturated rings. The van der Waals surface area contributed by atoms with Crippen molar-refractivity contribution in [1.82, 2.24) is 5.01 Å². The zero-order valence-electron chi connectivity index (χ0n) is 14.7. The Morgan fingerprint density at radius 1 is 1.08 bits per heavy atom. The molecule has 1 aliphatic rings. The SMILES string of the molecule is COc1cc(C)c(/C=N\N2C(=O)c3ccccc3C2=O)cc1C(C)C. The summed E-state index contributed by atoms with van der Waals surface area (Å²) >= 11 is 0. The van der Waals surface area contributed by atoms with E-state index in [2.05, 4.69) is 18.9 Å². The Balaban J connectivity index is 1.95. The van der Waals surface area contributed by atoms with Crippen LogP contribution >= 0.6 is 0 Å². The first-order valence-corrected chi connectivity index (χ1v) is 8.14. The van der Waals surface area contributed by atoms with Gasteiger partial charge >= 0.3 is 0 Å². The third kappa shape index (κ3) is 2.93. The number of hydrogen-bond donors (Lipinski definition) is 0. The van der Waals surface area contributed by atoms with E-state index in [1.165, 1.54) is 0 Å². The molecule has 5 nitrogen and oxygen atoms in total. The fourth-order valence-electron chi connectivity index (χ4n) is 2.88. The van der Waals surface area contributed by atoms with E-state index >= 15 is 0 Å². The van der Waals surface area contributed by atoms with Crippen LogP contribution in [0, 0.1) is 6.92 Å². The number of fused-ring (bicyclic) bond motifs is 1. The number of rotatable bonds is 4. The molecular weight excluding hydrogens is 316 g/mol. The Labute approximate surface area is 146 Å². The summed E-state index contributed by atoms with van der Waals surface area (Å²) in [5.74, 6) is 0.312. The second-order valence-corrected chi connectivity index (χ2v) is 6.32. The third-order valence-electron chi connectivity index (χ3n) is 4.33. The molecule has 5 heteroatoms. The van der Waals surface area contributed by atoms with Crippen molar-refractivity contribution < 1.29 is 14.3 Å². The first kappa shape index (κ1) is 16.9. The number of benzene rings is 2. The zero-order chi connectivity index (χ0) is 18.1. The van der Waals surface area contributed by atoms with Crippen LogP contribution in [0.1, 0.15) is 57.2 Å². The van der Waals surface area contributed by atoms with Crippen LogP contribution in [0.4, 0.5) is 0 Å². The van der Waals surface area contributed by atoms with Crippen molar-refractivity contribution in [3.8, 4) is 5.75 Å². The predicted octanol–water partition coefficient (Wildman–Crippen LogP) is 3.76. The fraction of sp³-hybridized carbons (Fsp3) is 0.250. The Morgan fingerprint density at radius 2 is 1.68 bits per heavy atom. The number of carbonyl (C=O) groups is 2. The average Bonchev–Trinajstić information content (AvgIpc) is 2.85. The van der Waals surface area contributed by atoms with E-state index in [1.807, 2.05) is 19.1 Å². The maximum atomic E-state index is 12.4. The number of hydrogen-bond acceptors (Lipinski definition) is 4. The van der Waals surface area contributed by atoms with E-state index in [4.69, 9.17) is 4.74 Å². The zero-order valence-corrected chi connectivity index (χ0v) is 14.7. The van der Waals surface area contributed by atoms with Crippen LogP contribution in [0.15, 0.2) is 41.5 Å². The van der Waals surface area contributed by atoms with Crippen molar-refractivity contribution in [2.75, 3.05) is 7.11 Å². The van der Waals surface area contributed by atoms with Gasteiger partial charge in [0.25, 0.3) is 11.8 Å². The highest BCUT2D eigenvalue weighted by atomic mass is 16.5. The fourth-order valence-corrected chi connectivity index (χ4v) is 2.88. The van der Waals surface area contributed by atoms with Crippen molar-refractivity contribution in [2.45, 2.75) is 26.7 Å². The van der Waals surface area contributed by atoms with E-state index in [-0.39, 0.29) is 5.92 Å². The molecular formula is C20H20N2O3. The lowest BCUT2D eigenvalue weighted by Gasteiger charge is -2.14. The summed E-state index contributed by atoms with van der Waals surface area (Å²) in [6.07, 6.45) is 1.56. The Hall–Kier alpha value is -2.95. The Bertz CT molecular complexity index is 850. The van der Waals surface area contributed by atoms with Crippen molar-refractivity contribution in [3.63, 3.8) is 0 Å². The number of ether oxygens (including phenoxy) is 1.